The summed E-state index contributed by atoms with van der Waals surface area (Å²) in [6.07, 6.45) is 3.60. The molecule has 1 unspecified atom stereocenters. The Morgan fingerprint density at radius 3 is 2.75 bits per heavy atom. The Labute approximate surface area is 118 Å². The number of nitrogens with two attached hydrogens (primary N) is 1. The molecule has 3 nitrogen and oxygen atoms in total. The molecule has 0 fully saturated rings. The van der Waals surface area contributed by atoms with Gasteiger partial charge in [-0.2, -0.15) is 0 Å². The van der Waals surface area contributed by atoms with Gasteiger partial charge in [0.15, 0.2) is 0 Å². The zero-order valence-electron chi connectivity index (χ0n) is 11.5. The second-order valence-electron chi connectivity index (χ2n) is 5.01. The lowest BCUT2D eigenvalue weighted by Gasteiger charge is -2.08. The average molecular weight is 266 g/mol. The van der Waals surface area contributed by atoms with Crippen LogP contribution in [0, 0.1) is 0 Å². The summed E-state index contributed by atoms with van der Waals surface area (Å²) in [5.74, 6) is 0.813. The minimum Gasteiger partial charge on any atom is -0.459 e. The Morgan fingerprint density at radius 1 is 1.20 bits per heavy atom. The van der Waals surface area contributed by atoms with Crippen LogP contribution in [0.4, 0.5) is 0 Å². The van der Waals surface area contributed by atoms with Crippen molar-refractivity contribution < 1.29 is 4.42 Å². The highest BCUT2D eigenvalue weighted by molar-refractivity contribution is 5.77. The summed E-state index contributed by atoms with van der Waals surface area (Å²) in [6, 6.07) is 13.9. The van der Waals surface area contributed by atoms with Gasteiger partial charge in [0.1, 0.15) is 11.3 Å². The maximum atomic E-state index is 6.23. The number of pyridine rings is 1. The van der Waals surface area contributed by atoms with Crippen molar-refractivity contribution in [2.24, 2.45) is 5.73 Å². The number of aryl methyl sites for hydroxylation is 1. The van der Waals surface area contributed by atoms with E-state index in [0.29, 0.717) is 6.42 Å². The van der Waals surface area contributed by atoms with E-state index in [2.05, 4.69) is 18.0 Å². The van der Waals surface area contributed by atoms with Crippen LogP contribution in [0.3, 0.4) is 0 Å². The molecule has 0 aliphatic rings. The molecular formula is C17H18N2O. The smallest absolute Gasteiger partial charge is 0.134 e. The number of benzene rings is 1. The van der Waals surface area contributed by atoms with E-state index in [1.54, 1.807) is 0 Å². The summed E-state index contributed by atoms with van der Waals surface area (Å²) in [6.45, 7) is 2.12. The maximum Gasteiger partial charge on any atom is 0.134 e. The normalized spacial score (nSPS) is 12.7. The molecule has 3 aromatic rings. The molecule has 1 aromatic carbocycles. The molecule has 0 spiro atoms. The SMILES string of the molecule is CCc1ccc(CC(N)c2cc3ccccc3o2)nc1. The number of nitrogens with zero attached hydrogens (tertiary/aromatic N) is 1. The van der Waals surface area contributed by atoms with Crippen LogP contribution in [0.1, 0.15) is 30.0 Å². The van der Waals surface area contributed by atoms with Crippen LogP contribution >= 0.6 is 0 Å². The molecule has 0 bridgehead atoms. The van der Waals surface area contributed by atoms with Crippen LogP contribution in [0.2, 0.25) is 0 Å². The molecule has 2 aromatic heterocycles. The first-order valence-electron chi connectivity index (χ1n) is 6.94. The lowest BCUT2D eigenvalue weighted by Crippen LogP contribution is -2.13. The van der Waals surface area contributed by atoms with Crippen molar-refractivity contribution in [3.05, 3.63) is 65.7 Å². The molecule has 3 heteroatoms. The van der Waals surface area contributed by atoms with Crippen molar-refractivity contribution >= 4 is 11.0 Å². The Kier molecular flexibility index (Phi) is 3.52. The molecule has 2 N–H and O–H groups in total. The average Bonchev–Trinajstić information content (AvgIpc) is 2.92. The number of hydrogen-bond donors (Lipinski definition) is 1. The summed E-state index contributed by atoms with van der Waals surface area (Å²) in [5.41, 5.74) is 9.35. The van der Waals surface area contributed by atoms with E-state index in [9.17, 15) is 0 Å². The van der Waals surface area contributed by atoms with Crippen LogP contribution in [-0.4, -0.2) is 4.98 Å². The molecule has 0 saturated heterocycles. The first-order chi connectivity index (χ1) is 9.76. The maximum absolute atomic E-state index is 6.23. The molecule has 0 radical (unpaired) electrons. The van der Waals surface area contributed by atoms with Crippen LogP contribution in [0.25, 0.3) is 11.0 Å². The zero-order valence-corrected chi connectivity index (χ0v) is 11.5. The van der Waals surface area contributed by atoms with E-state index in [1.807, 2.05) is 42.6 Å². The van der Waals surface area contributed by atoms with Gasteiger partial charge in [0.2, 0.25) is 0 Å². The van der Waals surface area contributed by atoms with Crippen molar-refractivity contribution in [2.75, 3.05) is 0 Å². The second kappa shape index (κ2) is 5.47. The van der Waals surface area contributed by atoms with Crippen LogP contribution in [0.5, 0.6) is 0 Å². The van der Waals surface area contributed by atoms with E-state index in [4.69, 9.17) is 10.2 Å². The summed E-state index contributed by atoms with van der Waals surface area (Å²) < 4.78 is 5.79. The number of aromatic nitrogens is 1. The number of fused-ring (bicyclic) bond motifs is 1. The van der Waals surface area contributed by atoms with Crippen molar-refractivity contribution in [1.29, 1.82) is 0 Å². The third-order valence-corrected chi connectivity index (χ3v) is 3.53. The van der Waals surface area contributed by atoms with Gasteiger partial charge in [-0.15, -0.1) is 0 Å². The Morgan fingerprint density at radius 2 is 2.05 bits per heavy atom. The van der Waals surface area contributed by atoms with Gasteiger partial charge in [0.05, 0.1) is 6.04 Å². The van der Waals surface area contributed by atoms with Crippen LogP contribution < -0.4 is 5.73 Å². The number of furan rings is 1. The molecule has 102 valence electrons. The quantitative estimate of drug-likeness (QED) is 0.784. The third-order valence-electron chi connectivity index (χ3n) is 3.53. The van der Waals surface area contributed by atoms with Gasteiger partial charge >= 0.3 is 0 Å². The number of para-hydroxylation sites is 1. The Bertz CT molecular complexity index is 667. The van der Waals surface area contributed by atoms with E-state index < -0.39 is 0 Å². The molecule has 2 heterocycles. The summed E-state index contributed by atoms with van der Waals surface area (Å²) in [5, 5.41) is 1.09. The molecule has 0 aliphatic carbocycles. The summed E-state index contributed by atoms with van der Waals surface area (Å²) >= 11 is 0. The van der Waals surface area contributed by atoms with Crippen LogP contribution in [-0.2, 0) is 12.8 Å². The van der Waals surface area contributed by atoms with Gasteiger partial charge in [0.25, 0.3) is 0 Å². The molecular weight excluding hydrogens is 248 g/mol. The van der Waals surface area contributed by atoms with Gasteiger partial charge in [-0.25, -0.2) is 0 Å². The fourth-order valence-electron chi connectivity index (χ4n) is 2.30. The van der Waals surface area contributed by atoms with Crippen molar-refractivity contribution in [3.8, 4) is 0 Å². The lowest BCUT2D eigenvalue weighted by atomic mass is 10.1. The second-order valence-corrected chi connectivity index (χ2v) is 5.01. The van der Waals surface area contributed by atoms with E-state index in [-0.39, 0.29) is 6.04 Å². The first-order valence-corrected chi connectivity index (χ1v) is 6.94. The van der Waals surface area contributed by atoms with Gasteiger partial charge in [-0.05, 0) is 30.2 Å². The van der Waals surface area contributed by atoms with Crippen LogP contribution in [0.15, 0.2) is 53.1 Å². The first kappa shape index (κ1) is 12.9. The summed E-state index contributed by atoms with van der Waals surface area (Å²) in [4.78, 5) is 4.45. The van der Waals surface area contributed by atoms with Gasteiger partial charge in [-0.1, -0.05) is 31.2 Å². The fourth-order valence-corrected chi connectivity index (χ4v) is 2.30. The Balaban J connectivity index is 1.79. The highest BCUT2D eigenvalue weighted by atomic mass is 16.3. The van der Waals surface area contributed by atoms with Gasteiger partial charge in [0, 0.05) is 23.7 Å². The minimum absolute atomic E-state index is 0.164. The molecule has 0 amide bonds. The number of rotatable bonds is 4. The van der Waals surface area contributed by atoms with Crippen molar-refractivity contribution in [3.63, 3.8) is 0 Å². The highest BCUT2D eigenvalue weighted by Crippen LogP contribution is 2.24. The fraction of sp³-hybridized carbons (Fsp3) is 0.235. The van der Waals surface area contributed by atoms with E-state index in [0.717, 1.165) is 28.8 Å². The highest BCUT2D eigenvalue weighted by Gasteiger charge is 2.13. The predicted molar refractivity (Wildman–Crippen MR) is 80.5 cm³/mol. The van der Waals surface area contributed by atoms with Gasteiger partial charge < -0.3 is 10.2 Å². The molecule has 20 heavy (non-hydrogen) atoms. The summed E-state index contributed by atoms with van der Waals surface area (Å²) in [7, 11) is 0. The van der Waals surface area contributed by atoms with Gasteiger partial charge in [-0.3, -0.25) is 4.98 Å². The van der Waals surface area contributed by atoms with Crippen molar-refractivity contribution in [2.45, 2.75) is 25.8 Å². The van der Waals surface area contributed by atoms with E-state index in [1.165, 1.54) is 5.56 Å². The molecule has 3 rings (SSSR count). The third kappa shape index (κ3) is 2.58. The lowest BCUT2D eigenvalue weighted by molar-refractivity contribution is 0.491. The largest absolute Gasteiger partial charge is 0.459 e. The standard InChI is InChI=1S/C17H18N2O/c1-2-12-7-8-14(19-11-12)10-15(18)17-9-13-5-3-4-6-16(13)20-17/h3-9,11,15H,2,10,18H2,1H3. The Hall–Kier alpha value is -2.13. The minimum atomic E-state index is -0.164. The molecule has 0 saturated carbocycles. The number of hydrogen-bond acceptors (Lipinski definition) is 3. The molecule has 1 atom stereocenters. The van der Waals surface area contributed by atoms with Crippen molar-refractivity contribution in [1.82, 2.24) is 4.98 Å². The van der Waals surface area contributed by atoms with E-state index >= 15 is 0 Å². The zero-order chi connectivity index (χ0) is 13.9. The monoisotopic (exact) mass is 266 g/mol. The molecule has 0 aliphatic heterocycles. The predicted octanol–water partition coefficient (Wildman–Crippen LogP) is 3.63. The topological polar surface area (TPSA) is 52.0 Å².